The summed E-state index contributed by atoms with van der Waals surface area (Å²) >= 11 is 0. The van der Waals surface area contributed by atoms with Crippen LogP contribution in [0.15, 0.2) is 12.4 Å². The summed E-state index contributed by atoms with van der Waals surface area (Å²) in [5.41, 5.74) is 1.09. The highest BCUT2D eigenvalue weighted by atomic mass is 16.3. The van der Waals surface area contributed by atoms with Gasteiger partial charge in [-0.15, -0.1) is 0 Å². The molecule has 0 aliphatic heterocycles. The number of aliphatic hydroxyl groups is 2. The van der Waals surface area contributed by atoms with Crippen molar-refractivity contribution >= 4 is 0 Å². The molecular formula is C10H18N2O2. The topological polar surface area (TPSA) is 58.3 Å². The van der Waals surface area contributed by atoms with Gasteiger partial charge in [0.1, 0.15) is 0 Å². The van der Waals surface area contributed by atoms with Gasteiger partial charge in [0.15, 0.2) is 0 Å². The SMILES string of the molecule is CCC(O)C(O)CCc1cnn(C)c1. The van der Waals surface area contributed by atoms with E-state index in [9.17, 15) is 10.2 Å². The predicted molar refractivity (Wildman–Crippen MR) is 53.8 cm³/mol. The standard InChI is InChI=1S/C10H18N2O2/c1-3-9(13)10(14)5-4-8-6-11-12(2)7-8/h6-7,9-10,13-14H,3-5H2,1-2H3. The molecule has 0 aliphatic carbocycles. The van der Waals surface area contributed by atoms with Gasteiger partial charge in [0.2, 0.25) is 0 Å². The fourth-order valence-electron chi connectivity index (χ4n) is 1.38. The number of hydrogen-bond donors (Lipinski definition) is 2. The molecule has 2 unspecified atom stereocenters. The average Bonchev–Trinajstić information content (AvgIpc) is 2.59. The summed E-state index contributed by atoms with van der Waals surface area (Å²) in [7, 11) is 1.86. The highest BCUT2D eigenvalue weighted by Gasteiger charge is 2.13. The molecule has 0 fully saturated rings. The Bertz CT molecular complexity index is 273. The largest absolute Gasteiger partial charge is 0.390 e. The molecule has 2 atom stereocenters. The predicted octanol–water partition coefficient (Wildman–Crippen LogP) is 0.484. The van der Waals surface area contributed by atoms with E-state index in [1.165, 1.54) is 0 Å². The minimum absolute atomic E-state index is 0.584. The van der Waals surface area contributed by atoms with Gasteiger partial charge in [0.25, 0.3) is 0 Å². The number of aromatic nitrogens is 2. The maximum absolute atomic E-state index is 9.51. The Morgan fingerprint density at radius 3 is 2.64 bits per heavy atom. The fourth-order valence-corrected chi connectivity index (χ4v) is 1.38. The van der Waals surface area contributed by atoms with Crippen LogP contribution in [-0.4, -0.2) is 32.2 Å². The van der Waals surface area contributed by atoms with Crippen molar-refractivity contribution < 1.29 is 10.2 Å². The van der Waals surface area contributed by atoms with E-state index in [0.717, 1.165) is 12.0 Å². The van der Waals surface area contributed by atoms with Gasteiger partial charge in [-0.3, -0.25) is 4.68 Å². The van der Waals surface area contributed by atoms with Crippen LogP contribution in [0, 0.1) is 0 Å². The van der Waals surface area contributed by atoms with Crippen LogP contribution in [0.2, 0.25) is 0 Å². The molecule has 4 heteroatoms. The molecule has 1 aromatic rings. The smallest absolute Gasteiger partial charge is 0.0802 e. The molecule has 14 heavy (non-hydrogen) atoms. The van der Waals surface area contributed by atoms with E-state index >= 15 is 0 Å². The van der Waals surface area contributed by atoms with E-state index < -0.39 is 12.2 Å². The van der Waals surface area contributed by atoms with Gasteiger partial charge in [-0.2, -0.15) is 5.10 Å². The molecule has 0 amide bonds. The highest BCUT2D eigenvalue weighted by Crippen LogP contribution is 2.08. The Labute approximate surface area is 84.2 Å². The Hall–Kier alpha value is -0.870. The monoisotopic (exact) mass is 198 g/mol. The molecule has 0 bridgehead atoms. The molecule has 0 aromatic carbocycles. The van der Waals surface area contributed by atoms with E-state index in [4.69, 9.17) is 0 Å². The Kier molecular flexibility index (Phi) is 4.10. The summed E-state index contributed by atoms with van der Waals surface area (Å²) in [6, 6.07) is 0. The van der Waals surface area contributed by atoms with Crippen LogP contribution in [0.5, 0.6) is 0 Å². The molecule has 2 N–H and O–H groups in total. The summed E-state index contributed by atoms with van der Waals surface area (Å²) < 4.78 is 1.73. The van der Waals surface area contributed by atoms with Crippen molar-refractivity contribution in [2.45, 2.75) is 38.4 Å². The molecule has 0 spiro atoms. The minimum atomic E-state index is -0.625. The average molecular weight is 198 g/mol. The second-order valence-corrected chi connectivity index (χ2v) is 3.60. The fraction of sp³-hybridized carbons (Fsp3) is 0.700. The van der Waals surface area contributed by atoms with E-state index in [1.54, 1.807) is 10.9 Å². The third-order valence-corrected chi connectivity index (χ3v) is 2.35. The zero-order valence-corrected chi connectivity index (χ0v) is 8.72. The van der Waals surface area contributed by atoms with Crippen molar-refractivity contribution in [2.75, 3.05) is 0 Å². The van der Waals surface area contributed by atoms with Crippen LogP contribution in [0.1, 0.15) is 25.3 Å². The second kappa shape index (κ2) is 5.12. The molecule has 0 saturated heterocycles. The van der Waals surface area contributed by atoms with E-state index in [1.807, 2.05) is 20.2 Å². The Morgan fingerprint density at radius 1 is 1.43 bits per heavy atom. The number of aliphatic hydroxyl groups excluding tert-OH is 2. The van der Waals surface area contributed by atoms with E-state index in [-0.39, 0.29) is 0 Å². The first-order valence-corrected chi connectivity index (χ1v) is 4.97. The van der Waals surface area contributed by atoms with Gasteiger partial charge < -0.3 is 10.2 Å². The van der Waals surface area contributed by atoms with Crippen LogP contribution >= 0.6 is 0 Å². The van der Waals surface area contributed by atoms with Crippen molar-refractivity contribution in [3.05, 3.63) is 18.0 Å². The molecule has 0 aliphatic rings. The van der Waals surface area contributed by atoms with Crippen molar-refractivity contribution in [1.82, 2.24) is 9.78 Å². The van der Waals surface area contributed by atoms with Gasteiger partial charge >= 0.3 is 0 Å². The first kappa shape index (κ1) is 11.2. The van der Waals surface area contributed by atoms with Crippen LogP contribution < -0.4 is 0 Å². The lowest BCUT2D eigenvalue weighted by molar-refractivity contribution is 0.0130. The van der Waals surface area contributed by atoms with Gasteiger partial charge in [0.05, 0.1) is 18.4 Å². The van der Waals surface area contributed by atoms with Crippen LogP contribution in [0.4, 0.5) is 0 Å². The third-order valence-electron chi connectivity index (χ3n) is 2.35. The first-order chi connectivity index (χ1) is 6.63. The van der Waals surface area contributed by atoms with Crippen LogP contribution in [0.25, 0.3) is 0 Å². The van der Waals surface area contributed by atoms with Gasteiger partial charge in [0, 0.05) is 13.2 Å². The normalized spacial score (nSPS) is 15.4. The number of rotatable bonds is 5. The number of hydrogen-bond acceptors (Lipinski definition) is 3. The third kappa shape index (κ3) is 3.12. The lowest BCUT2D eigenvalue weighted by Gasteiger charge is -2.15. The summed E-state index contributed by atoms with van der Waals surface area (Å²) in [5, 5.41) is 22.9. The lowest BCUT2D eigenvalue weighted by atomic mass is 10.0. The summed E-state index contributed by atoms with van der Waals surface area (Å²) in [6.45, 7) is 1.86. The van der Waals surface area contributed by atoms with Crippen LogP contribution in [-0.2, 0) is 13.5 Å². The molecule has 0 radical (unpaired) electrons. The molecular weight excluding hydrogens is 180 g/mol. The Morgan fingerprint density at radius 2 is 2.14 bits per heavy atom. The lowest BCUT2D eigenvalue weighted by Crippen LogP contribution is -2.25. The van der Waals surface area contributed by atoms with Gasteiger partial charge in [-0.05, 0) is 24.8 Å². The molecule has 80 valence electrons. The second-order valence-electron chi connectivity index (χ2n) is 3.60. The van der Waals surface area contributed by atoms with Crippen molar-refractivity contribution in [1.29, 1.82) is 0 Å². The quantitative estimate of drug-likeness (QED) is 0.723. The van der Waals surface area contributed by atoms with E-state index in [2.05, 4.69) is 5.10 Å². The van der Waals surface area contributed by atoms with Gasteiger partial charge in [-0.25, -0.2) is 0 Å². The summed E-state index contributed by atoms with van der Waals surface area (Å²) in [5.74, 6) is 0. The first-order valence-electron chi connectivity index (χ1n) is 4.97. The minimum Gasteiger partial charge on any atom is -0.390 e. The summed E-state index contributed by atoms with van der Waals surface area (Å²) in [4.78, 5) is 0. The van der Waals surface area contributed by atoms with Crippen LogP contribution in [0.3, 0.4) is 0 Å². The molecule has 1 rings (SSSR count). The zero-order chi connectivity index (χ0) is 10.6. The Balaban J connectivity index is 2.33. The number of nitrogens with zero attached hydrogens (tertiary/aromatic N) is 2. The highest BCUT2D eigenvalue weighted by molar-refractivity contribution is 5.03. The maximum atomic E-state index is 9.51. The number of aryl methyl sites for hydroxylation is 2. The van der Waals surface area contributed by atoms with Gasteiger partial charge in [-0.1, -0.05) is 6.92 Å². The van der Waals surface area contributed by atoms with Crippen molar-refractivity contribution in [3.63, 3.8) is 0 Å². The molecule has 0 saturated carbocycles. The zero-order valence-electron chi connectivity index (χ0n) is 8.72. The molecule has 1 heterocycles. The van der Waals surface area contributed by atoms with Crippen molar-refractivity contribution in [3.8, 4) is 0 Å². The van der Waals surface area contributed by atoms with Crippen molar-refractivity contribution in [2.24, 2.45) is 7.05 Å². The maximum Gasteiger partial charge on any atom is 0.0802 e. The van der Waals surface area contributed by atoms with E-state index in [0.29, 0.717) is 12.8 Å². The molecule has 4 nitrogen and oxygen atoms in total. The molecule has 1 aromatic heterocycles. The summed E-state index contributed by atoms with van der Waals surface area (Å²) in [6.07, 6.45) is 4.41.